The van der Waals surface area contributed by atoms with Gasteiger partial charge in [0.15, 0.2) is 0 Å². The molecule has 0 unspecified atom stereocenters. The molecule has 0 aliphatic heterocycles. The van der Waals surface area contributed by atoms with Crippen molar-refractivity contribution in [3.05, 3.63) is 53.1 Å². The van der Waals surface area contributed by atoms with Crippen molar-refractivity contribution >= 4 is 23.2 Å². The van der Waals surface area contributed by atoms with Crippen LogP contribution >= 0.6 is 23.2 Å². The summed E-state index contributed by atoms with van der Waals surface area (Å²) < 4.78 is 40.4. The summed E-state index contributed by atoms with van der Waals surface area (Å²) in [5.41, 5.74) is 2.03. The minimum atomic E-state index is -4.71. The van der Waals surface area contributed by atoms with E-state index < -0.39 is 6.36 Å². The van der Waals surface area contributed by atoms with Crippen LogP contribution in [0.5, 0.6) is 5.75 Å². The average molecular weight is 321 g/mol. The minimum absolute atomic E-state index is 0.271. The van der Waals surface area contributed by atoms with E-state index in [-0.39, 0.29) is 11.6 Å². The van der Waals surface area contributed by atoms with Crippen LogP contribution in [0.25, 0.3) is 11.1 Å². The lowest BCUT2D eigenvalue weighted by Gasteiger charge is -2.10. The molecular formula is C14H9Cl2F3O. The van der Waals surface area contributed by atoms with Gasteiger partial charge < -0.3 is 4.74 Å². The third-order valence-electron chi connectivity index (χ3n) is 2.60. The summed E-state index contributed by atoms with van der Waals surface area (Å²) in [6.07, 6.45) is -4.71. The van der Waals surface area contributed by atoms with Gasteiger partial charge in [-0.05, 0) is 34.9 Å². The van der Waals surface area contributed by atoms with E-state index in [9.17, 15) is 13.2 Å². The first-order valence-electron chi connectivity index (χ1n) is 5.59. The van der Waals surface area contributed by atoms with E-state index in [0.29, 0.717) is 16.1 Å². The van der Waals surface area contributed by atoms with E-state index in [4.69, 9.17) is 23.2 Å². The lowest BCUT2D eigenvalue weighted by molar-refractivity contribution is -0.274. The van der Waals surface area contributed by atoms with Crippen molar-refractivity contribution in [2.75, 3.05) is 0 Å². The maximum atomic E-state index is 12.2. The zero-order valence-electron chi connectivity index (χ0n) is 10.0. The van der Waals surface area contributed by atoms with Gasteiger partial charge in [-0.3, -0.25) is 0 Å². The quantitative estimate of drug-likeness (QED) is 0.664. The van der Waals surface area contributed by atoms with Crippen molar-refractivity contribution in [1.29, 1.82) is 0 Å². The molecule has 0 radical (unpaired) electrons. The lowest BCUT2D eigenvalue weighted by Crippen LogP contribution is -2.17. The molecule has 0 heterocycles. The molecule has 0 spiro atoms. The first kappa shape index (κ1) is 15.0. The van der Waals surface area contributed by atoms with Crippen LogP contribution in [-0.2, 0) is 5.88 Å². The Morgan fingerprint density at radius 3 is 2.30 bits per heavy atom. The van der Waals surface area contributed by atoms with Gasteiger partial charge in [-0.1, -0.05) is 35.9 Å². The first-order chi connectivity index (χ1) is 9.39. The number of benzene rings is 2. The largest absolute Gasteiger partial charge is 0.573 e. The molecule has 2 rings (SSSR count). The molecule has 6 heteroatoms. The van der Waals surface area contributed by atoms with Gasteiger partial charge in [-0.25, -0.2) is 0 Å². The number of alkyl halides is 4. The second kappa shape index (κ2) is 5.94. The summed E-state index contributed by atoms with van der Waals surface area (Å²) in [4.78, 5) is 0. The topological polar surface area (TPSA) is 9.23 Å². The Kier molecular flexibility index (Phi) is 4.45. The molecule has 0 atom stereocenters. The van der Waals surface area contributed by atoms with Gasteiger partial charge in [0.25, 0.3) is 0 Å². The molecule has 1 nitrogen and oxygen atoms in total. The van der Waals surface area contributed by atoms with Crippen LogP contribution in [0.4, 0.5) is 13.2 Å². The van der Waals surface area contributed by atoms with Crippen molar-refractivity contribution in [2.45, 2.75) is 12.2 Å². The molecular weight excluding hydrogens is 312 g/mol. The second-order valence-corrected chi connectivity index (χ2v) is 4.69. The molecule has 0 aliphatic rings. The van der Waals surface area contributed by atoms with Gasteiger partial charge in [0.1, 0.15) is 5.75 Å². The molecule has 0 aromatic heterocycles. The van der Waals surface area contributed by atoms with Crippen molar-refractivity contribution in [3.63, 3.8) is 0 Å². The molecule has 20 heavy (non-hydrogen) atoms. The smallest absolute Gasteiger partial charge is 0.406 e. The molecule has 106 valence electrons. The predicted molar refractivity (Wildman–Crippen MR) is 73.1 cm³/mol. The minimum Gasteiger partial charge on any atom is -0.406 e. The standard InChI is InChI=1S/C14H9Cl2F3O/c15-8-11-5-4-10(7-13(11)16)9-2-1-3-12(6-9)20-14(17,18)19/h1-7H,8H2. The Labute approximate surface area is 123 Å². The van der Waals surface area contributed by atoms with E-state index in [0.717, 1.165) is 5.56 Å². The van der Waals surface area contributed by atoms with Crippen LogP contribution in [0.1, 0.15) is 5.56 Å². The zero-order valence-corrected chi connectivity index (χ0v) is 11.6. The lowest BCUT2D eigenvalue weighted by atomic mass is 10.0. The third kappa shape index (κ3) is 3.81. The molecule has 0 bridgehead atoms. The molecule has 0 amide bonds. The van der Waals surface area contributed by atoms with Crippen LogP contribution in [0, 0.1) is 0 Å². The van der Waals surface area contributed by atoms with E-state index in [1.165, 1.54) is 18.2 Å². The van der Waals surface area contributed by atoms with E-state index in [2.05, 4.69) is 4.74 Å². The highest BCUT2D eigenvalue weighted by Crippen LogP contribution is 2.30. The molecule has 2 aromatic rings. The van der Waals surface area contributed by atoms with Crippen LogP contribution in [0.15, 0.2) is 42.5 Å². The van der Waals surface area contributed by atoms with Gasteiger partial charge in [0.05, 0.1) is 0 Å². The third-order valence-corrected chi connectivity index (χ3v) is 3.24. The summed E-state index contributed by atoms with van der Waals surface area (Å²) in [6, 6.07) is 10.9. The van der Waals surface area contributed by atoms with E-state index in [1.54, 1.807) is 24.3 Å². The van der Waals surface area contributed by atoms with Crippen molar-refractivity contribution < 1.29 is 17.9 Å². The summed E-state index contributed by atoms with van der Waals surface area (Å²) >= 11 is 11.7. The summed E-state index contributed by atoms with van der Waals surface area (Å²) in [6.45, 7) is 0. The Hall–Kier alpha value is -1.39. The summed E-state index contributed by atoms with van der Waals surface area (Å²) in [5, 5.41) is 0.472. The average Bonchev–Trinajstić information content (AvgIpc) is 2.37. The predicted octanol–water partition coefficient (Wildman–Crippen LogP) is 5.64. The first-order valence-corrected chi connectivity index (χ1v) is 6.51. The maximum Gasteiger partial charge on any atom is 0.573 e. The van der Waals surface area contributed by atoms with Crippen molar-refractivity contribution in [3.8, 4) is 16.9 Å². The highest BCUT2D eigenvalue weighted by Gasteiger charge is 2.31. The Balaban J connectivity index is 2.33. The van der Waals surface area contributed by atoms with Crippen LogP contribution in [0.3, 0.4) is 0 Å². The van der Waals surface area contributed by atoms with Crippen molar-refractivity contribution in [1.82, 2.24) is 0 Å². The highest BCUT2D eigenvalue weighted by molar-refractivity contribution is 6.32. The van der Waals surface area contributed by atoms with E-state index >= 15 is 0 Å². The Bertz CT molecular complexity index is 612. The summed E-state index contributed by atoms with van der Waals surface area (Å²) in [7, 11) is 0. The van der Waals surface area contributed by atoms with Gasteiger partial charge in [-0.15, -0.1) is 24.8 Å². The normalized spacial score (nSPS) is 11.4. The fraction of sp³-hybridized carbons (Fsp3) is 0.143. The monoisotopic (exact) mass is 320 g/mol. The number of ether oxygens (including phenoxy) is 1. The number of hydrogen-bond donors (Lipinski definition) is 0. The number of halogens is 5. The van der Waals surface area contributed by atoms with E-state index in [1.807, 2.05) is 0 Å². The van der Waals surface area contributed by atoms with Crippen LogP contribution in [-0.4, -0.2) is 6.36 Å². The molecule has 0 N–H and O–H groups in total. The zero-order chi connectivity index (χ0) is 14.8. The van der Waals surface area contributed by atoms with Gasteiger partial charge in [-0.2, -0.15) is 0 Å². The number of hydrogen-bond acceptors (Lipinski definition) is 1. The fourth-order valence-electron chi connectivity index (χ4n) is 1.71. The second-order valence-electron chi connectivity index (χ2n) is 4.02. The Morgan fingerprint density at radius 1 is 1.00 bits per heavy atom. The molecule has 2 aromatic carbocycles. The SMILES string of the molecule is FC(F)(F)Oc1cccc(-c2ccc(CCl)c(Cl)c2)c1. The van der Waals surface area contributed by atoms with Gasteiger partial charge in [0, 0.05) is 10.9 Å². The molecule has 0 fully saturated rings. The molecule has 0 saturated carbocycles. The highest BCUT2D eigenvalue weighted by atomic mass is 35.5. The molecule has 0 aliphatic carbocycles. The Morgan fingerprint density at radius 2 is 1.70 bits per heavy atom. The van der Waals surface area contributed by atoms with Crippen molar-refractivity contribution in [2.24, 2.45) is 0 Å². The van der Waals surface area contributed by atoms with Gasteiger partial charge in [0.2, 0.25) is 0 Å². The molecule has 0 saturated heterocycles. The van der Waals surface area contributed by atoms with Gasteiger partial charge >= 0.3 is 6.36 Å². The fourth-order valence-corrected chi connectivity index (χ4v) is 2.26. The summed E-state index contributed by atoms with van der Waals surface area (Å²) in [5.74, 6) is 0.00335. The van der Waals surface area contributed by atoms with Crippen LogP contribution < -0.4 is 4.74 Å². The number of rotatable bonds is 3. The maximum absolute atomic E-state index is 12.2. The van der Waals surface area contributed by atoms with Crippen LogP contribution in [0.2, 0.25) is 5.02 Å².